The van der Waals surface area contributed by atoms with E-state index in [1.807, 2.05) is 13.8 Å². The molecule has 1 N–H and O–H groups in total. The van der Waals surface area contributed by atoms with Gasteiger partial charge in [0.1, 0.15) is 12.5 Å². The number of alkyl halides is 1. The number of esters is 1. The van der Waals surface area contributed by atoms with Gasteiger partial charge in [0.05, 0.1) is 12.2 Å². The maximum absolute atomic E-state index is 17.2. The van der Waals surface area contributed by atoms with E-state index in [1.54, 1.807) is 6.08 Å². The first kappa shape index (κ1) is 22.2. The molecule has 0 aromatic carbocycles. The number of rotatable bonds is 3. The Morgan fingerprint density at radius 2 is 2.03 bits per heavy atom. The van der Waals surface area contributed by atoms with E-state index in [9.17, 15) is 19.5 Å². The number of ether oxygens (including phenoxy) is 3. The SMILES string of the molecule is CC(=O)OCC(=O)[C@@]12OCO[C@@H]1C[C@H]1[C@@H]3CCC4=CC(=O)CC[C@]4(C)[C@@]3(F)[C@@H](O)C[C@@]12C. The molecule has 0 aromatic heterocycles. The van der Waals surface area contributed by atoms with Crippen molar-refractivity contribution in [3.63, 3.8) is 0 Å². The van der Waals surface area contributed by atoms with Crippen LogP contribution in [-0.2, 0) is 28.6 Å². The molecule has 1 saturated heterocycles. The first-order valence-corrected chi connectivity index (χ1v) is 11.5. The maximum atomic E-state index is 17.2. The Kier molecular flexibility index (Phi) is 4.80. The molecule has 3 saturated carbocycles. The van der Waals surface area contributed by atoms with Crippen molar-refractivity contribution in [2.24, 2.45) is 22.7 Å². The Balaban J connectivity index is 1.56. The van der Waals surface area contributed by atoms with E-state index in [2.05, 4.69) is 0 Å². The summed E-state index contributed by atoms with van der Waals surface area (Å²) in [6, 6.07) is 0. The van der Waals surface area contributed by atoms with Crippen molar-refractivity contribution in [1.29, 1.82) is 0 Å². The number of allylic oxidation sites excluding steroid dienone is 1. The third-order valence-corrected chi connectivity index (χ3v) is 9.58. The summed E-state index contributed by atoms with van der Waals surface area (Å²) in [6.45, 7) is 4.46. The van der Waals surface area contributed by atoms with E-state index >= 15 is 4.39 Å². The molecule has 5 rings (SSSR count). The smallest absolute Gasteiger partial charge is 0.303 e. The fraction of sp³-hybridized carbons (Fsp3) is 0.792. The Hall–Kier alpha value is -1.64. The number of halogens is 1. The first-order valence-electron chi connectivity index (χ1n) is 11.5. The number of fused-ring (bicyclic) bond motifs is 7. The van der Waals surface area contributed by atoms with Crippen molar-refractivity contribution >= 4 is 17.5 Å². The number of aliphatic hydroxyl groups excluding tert-OH is 1. The monoisotopic (exact) mass is 450 g/mol. The molecule has 0 spiro atoms. The Labute approximate surface area is 186 Å². The molecule has 8 heteroatoms. The van der Waals surface area contributed by atoms with Crippen molar-refractivity contribution in [2.75, 3.05) is 13.4 Å². The van der Waals surface area contributed by atoms with Gasteiger partial charge in [-0.25, -0.2) is 4.39 Å². The van der Waals surface area contributed by atoms with Crippen LogP contribution in [0.5, 0.6) is 0 Å². The van der Waals surface area contributed by atoms with Gasteiger partial charge < -0.3 is 19.3 Å². The maximum Gasteiger partial charge on any atom is 0.303 e. The number of ketones is 2. The normalized spacial score (nSPS) is 49.4. The molecule has 0 radical (unpaired) electrons. The van der Waals surface area contributed by atoms with Gasteiger partial charge in [0.15, 0.2) is 18.0 Å². The van der Waals surface area contributed by atoms with Crippen LogP contribution >= 0.6 is 0 Å². The zero-order valence-corrected chi connectivity index (χ0v) is 18.8. The summed E-state index contributed by atoms with van der Waals surface area (Å²) in [4.78, 5) is 36.7. The number of hydrogen-bond acceptors (Lipinski definition) is 7. The quantitative estimate of drug-likeness (QED) is 0.660. The summed E-state index contributed by atoms with van der Waals surface area (Å²) < 4.78 is 34.0. The minimum Gasteiger partial charge on any atom is -0.458 e. The molecule has 32 heavy (non-hydrogen) atoms. The van der Waals surface area contributed by atoms with E-state index in [0.717, 1.165) is 5.57 Å². The lowest BCUT2D eigenvalue weighted by Gasteiger charge is -2.63. The topological polar surface area (TPSA) is 99.1 Å². The lowest BCUT2D eigenvalue weighted by Crippen LogP contribution is -2.70. The van der Waals surface area contributed by atoms with Crippen LogP contribution < -0.4 is 0 Å². The van der Waals surface area contributed by atoms with Crippen LogP contribution in [0.15, 0.2) is 11.6 Å². The van der Waals surface area contributed by atoms with Crippen molar-refractivity contribution < 1.29 is 38.1 Å². The van der Waals surface area contributed by atoms with Crippen LogP contribution in [0, 0.1) is 22.7 Å². The minimum atomic E-state index is -1.90. The molecule has 4 fully saturated rings. The van der Waals surface area contributed by atoms with Crippen LogP contribution in [0.3, 0.4) is 0 Å². The molecule has 7 nitrogen and oxygen atoms in total. The van der Waals surface area contributed by atoms with Gasteiger partial charge in [-0.3, -0.25) is 14.4 Å². The van der Waals surface area contributed by atoms with Crippen LogP contribution in [-0.4, -0.2) is 59.5 Å². The number of aliphatic hydroxyl groups is 1. The molecule has 1 aliphatic heterocycles. The van der Waals surface area contributed by atoms with Crippen molar-refractivity contribution in [3.8, 4) is 0 Å². The average molecular weight is 451 g/mol. The van der Waals surface area contributed by atoms with Gasteiger partial charge in [0.2, 0.25) is 5.78 Å². The first-order chi connectivity index (χ1) is 15.0. The molecular formula is C24H31FO7. The zero-order valence-electron chi connectivity index (χ0n) is 18.8. The van der Waals surface area contributed by atoms with Gasteiger partial charge in [-0.15, -0.1) is 0 Å². The standard InChI is InChI=1S/C24H31FO7/c1-13(26)30-11-19(29)24-20(31-12-32-24)9-17-16-5-4-14-8-15(27)6-7-21(14,2)23(16,25)18(28)10-22(17,24)3/h8,16-18,20,28H,4-7,9-12H2,1-3H3/t16-,17-,18-,20+,21-,22-,23-,24+/m0/s1. The second kappa shape index (κ2) is 6.93. The third kappa shape index (κ3) is 2.49. The molecule has 0 aromatic rings. The number of carbonyl (C=O) groups is 3. The number of carbonyl (C=O) groups excluding carboxylic acids is 3. The molecule has 1 heterocycles. The van der Waals surface area contributed by atoms with Gasteiger partial charge >= 0.3 is 5.97 Å². The van der Waals surface area contributed by atoms with Crippen LogP contribution in [0.25, 0.3) is 0 Å². The van der Waals surface area contributed by atoms with Crippen molar-refractivity contribution in [1.82, 2.24) is 0 Å². The highest BCUT2D eigenvalue weighted by molar-refractivity contribution is 5.93. The minimum absolute atomic E-state index is 0.0156. The average Bonchev–Trinajstić information content (AvgIpc) is 3.25. The lowest BCUT2D eigenvalue weighted by molar-refractivity contribution is -0.231. The predicted octanol–water partition coefficient (Wildman–Crippen LogP) is 2.44. The van der Waals surface area contributed by atoms with E-state index in [-0.39, 0.29) is 31.3 Å². The summed E-state index contributed by atoms with van der Waals surface area (Å²) in [6.07, 6.45) is 1.89. The third-order valence-electron chi connectivity index (χ3n) is 9.58. The van der Waals surface area contributed by atoms with Gasteiger partial charge in [0.25, 0.3) is 0 Å². The lowest BCUT2D eigenvalue weighted by atomic mass is 9.44. The van der Waals surface area contributed by atoms with E-state index in [4.69, 9.17) is 14.2 Å². The molecule has 0 unspecified atom stereocenters. The highest BCUT2D eigenvalue weighted by Gasteiger charge is 2.78. The molecule has 0 bridgehead atoms. The molecule has 4 aliphatic carbocycles. The molecule has 5 aliphatic rings. The molecule has 176 valence electrons. The van der Waals surface area contributed by atoms with Crippen molar-refractivity contribution in [2.45, 2.75) is 82.8 Å². The fourth-order valence-electron chi connectivity index (χ4n) is 8.05. The van der Waals surface area contributed by atoms with E-state index in [1.165, 1.54) is 6.92 Å². The van der Waals surface area contributed by atoms with Gasteiger partial charge in [0, 0.05) is 30.1 Å². The van der Waals surface area contributed by atoms with Gasteiger partial charge in [-0.05, 0) is 44.1 Å². The van der Waals surface area contributed by atoms with Gasteiger partial charge in [-0.1, -0.05) is 19.4 Å². The second-order valence-corrected chi connectivity index (χ2v) is 10.7. The highest BCUT2D eigenvalue weighted by atomic mass is 19.1. The van der Waals surface area contributed by atoms with Crippen LogP contribution in [0.1, 0.15) is 59.3 Å². The summed E-state index contributed by atoms with van der Waals surface area (Å²) in [5.41, 5.74) is -4.27. The summed E-state index contributed by atoms with van der Waals surface area (Å²) >= 11 is 0. The highest BCUT2D eigenvalue weighted by Crippen LogP contribution is 2.71. The largest absolute Gasteiger partial charge is 0.458 e. The van der Waals surface area contributed by atoms with Crippen molar-refractivity contribution in [3.05, 3.63) is 11.6 Å². The van der Waals surface area contributed by atoms with Crippen LogP contribution in [0.2, 0.25) is 0 Å². The van der Waals surface area contributed by atoms with Gasteiger partial charge in [-0.2, -0.15) is 0 Å². The zero-order chi connectivity index (χ0) is 23.1. The Bertz CT molecular complexity index is 916. The predicted molar refractivity (Wildman–Crippen MR) is 109 cm³/mol. The molecule has 8 atom stereocenters. The van der Waals surface area contributed by atoms with E-state index in [0.29, 0.717) is 25.7 Å². The second-order valence-electron chi connectivity index (χ2n) is 10.7. The fourth-order valence-corrected chi connectivity index (χ4v) is 8.05. The summed E-state index contributed by atoms with van der Waals surface area (Å²) in [5.74, 6) is -1.70. The van der Waals surface area contributed by atoms with E-state index < -0.39 is 58.6 Å². The number of hydrogen-bond donors (Lipinski definition) is 1. The Morgan fingerprint density at radius 3 is 2.75 bits per heavy atom. The number of Topliss-reactive ketones (excluding diaryl/α,β-unsaturated/α-hetero) is 1. The Morgan fingerprint density at radius 1 is 1.28 bits per heavy atom. The summed E-state index contributed by atoms with van der Waals surface area (Å²) in [7, 11) is 0. The molecular weight excluding hydrogens is 419 g/mol. The summed E-state index contributed by atoms with van der Waals surface area (Å²) in [5, 5.41) is 11.4. The molecule has 0 amide bonds. The van der Waals surface area contributed by atoms with Crippen LogP contribution in [0.4, 0.5) is 4.39 Å².